The number of anilines is 3. The normalized spacial score (nSPS) is 23.2. The molecule has 1 fully saturated rings. The molecule has 0 saturated carbocycles. The van der Waals surface area contributed by atoms with Gasteiger partial charge in [0.2, 0.25) is 17.8 Å². The quantitative estimate of drug-likeness (QED) is 0.643. The smallest absolute Gasteiger partial charge is 0.258 e. The van der Waals surface area contributed by atoms with Crippen molar-refractivity contribution in [1.82, 2.24) is 9.97 Å². The van der Waals surface area contributed by atoms with Crippen LogP contribution in [-0.4, -0.2) is 34.9 Å². The number of nitrogens with one attached hydrogen (secondary N) is 3. The Balaban J connectivity index is 1.66. The van der Waals surface area contributed by atoms with Crippen molar-refractivity contribution in [2.45, 2.75) is 32.6 Å². The number of benzene rings is 1. The van der Waals surface area contributed by atoms with Crippen molar-refractivity contribution in [3.63, 3.8) is 0 Å². The molecule has 3 atom stereocenters. The number of H-pyrrole nitrogens is 1. The Hall–Kier alpha value is -2.58. The molecule has 0 spiro atoms. The van der Waals surface area contributed by atoms with E-state index in [-0.39, 0.29) is 23.7 Å². The molecule has 0 unspecified atom stereocenters. The lowest BCUT2D eigenvalue weighted by molar-refractivity contribution is -0.123. The van der Waals surface area contributed by atoms with Crippen molar-refractivity contribution >= 4 is 52.5 Å². The highest BCUT2D eigenvalue weighted by molar-refractivity contribution is 6.35. The van der Waals surface area contributed by atoms with E-state index in [2.05, 4.69) is 34.4 Å². The highest BCUT2D eigenvalue weighted by Gasteiger charge is 2.36. The van der Waals surface area contributed by atoms with Crippen LogP contribution in [0.2, 0.25) is 10.0 Å². The molecule has 2 amide bonds. The zero-order valence-corrected chi connectivity index (χ0v) is 18.7. The van der Waals surface area contributed by atoms with Crippen molar-refractivity contribution in [2.24, 2.45) is 11.8 Å². The maximum Gasteiger partial charge on any atom is 0.258 e. The standard InChI is InChI=1S/C21H23Cl2N5O3/c1-10-5-11(2)9-28(8-10)21-26-18-17(20(31)27-21)13(7-16(29)25-18)19(30)24-15-6-12(22)3-4-14(15)23/h3-4,6,10-11,13H,5,7-9H2,1-2H3,(H,24,30)(H2,25,26,27,29,31)/t10-,11+,13-/m1/s1. The van der Waals surface area contributed by atoms with Crippen molar-refractivity contribution in [1.29, 1.82) is 0 Å². The van der Waals surface area contributed by atoms with Gasteiger partial charge in [0.1, 0.15) is 5.82 Å². The predicted molar refractivity (Wildman–Crippen MR) is 121 cm³/mol. The van der Waals surface area contributed by atoms with Gasteiger partial charge in [-0.05, 0) is 36.5 Å². The lowest BCUT2D eigenvalue weighted by atomic mass is 9.91. The molecule has 2 aliphatic rings. The van der Waals surface area contributed by atoms with Crippen LogP contribution in [0.25, 0.3) is 0 Å². The molecule has 3 heterocycles. The van der Waals surface area contributed by atoms with Crippen LogP contribution >= 0.6 is 23.2 Å². The van der Waals surface area contributed by atoms with Crippen LogP contribution in [0.1, 0.15) is 38.2 Å². The van der Waals surface area contributed by atoms with Crippen LogP contribution < -0.4 is 21.1 Å². The van der Waals surface area contributed by atoms with Crippen molar-refractivity contribution < 1.29 is 9.59 Å². The van der Waals surface area contributed by atoms with Gasteiger partial charge in [-0.3, -0.25) is 19.4 Å². The van der Waals surface area contributed by atoms with E-state index in [1.54, 1.807) is 12.1 Å². The summed E-state index contributed by atoms with van der Waals surface area (Å²) >= 11 is 12.1. The average molecular weight is 464 g/mol. The molecular weight excluding hydrogens is 441 g/mol. The molecule has 0 radical (unpaired) electrons. The molecule has 164 valence electrons. The van der Waals surface area contributed by atoms with E-state index in [1.165, 1.54) is 6.07 Å². The minimum atomic E-state index is -0.997. The Morgan fingerprint density at radius 1 is 1.19 bits per heavy atom. The molecule has 1 aromatic carbocycles. The van der Waals surface area contributed by atoms with Gasteiger partial charge in [-0.2, -0.15) is 4.98 Å². The van der Waals surface area contributed by atoms with Crippen LogP contribution in [0.15, 0.2) is 23.0 Å². The van der Waals surface area contributed by atoms with E-state index >= 15 is 0 Å². The lowest BCUT2D eigenvalue weighted by Gasteiger charge is -2.35. The Morgan fingerprint density at radius 2 is 1.90 bits per heavy atom. The van der Waals surface area contributed by atoms with Gasteiger partial charge in [0, 0.05) is 24.5 Å². The van der Waals surface area contributed by atoms with Gasteiger partial charge in [0.15, 0.2) is 0 Å². The third-order valence-corrected chi connectivity index (χ3v) is 6.17. The van der Waals surface area contributed by atoms with Crippen LogP contribution in [0.5, 0.6) is 0 Å². The first kappa shape index (κ1) is 21.6. The second-order valence-electron chi connectivity index (χ2n) is 8.42. The number of hydrogen-bond donors (Lipinski definition) is 3. The first-order chi connectivity index (χ1) is 14.7. The number of hydrogen-bond acceptors (Lipinski definition) is 5. The van der Waals surface area contributed by atoms with Gasteiger partial charge >= 0.3 is 0 Å². The van der Waals surface area contributed by atoms with E-state index in [4.69, 9.17) is 23.2 Å². The Bertz CT molecular complexity index is 1090. The van der Waals surface area contributed by atoms with Crippen LogP contribution in [-0.2, 0) is 9.59 Å². The highest BCUT2D eigenvalue weighted by Crippen LogP contribution is 2.33. The van der Waals surface area contributed by atoms with E-state index in [0.717, 1.165) is 19.5 Å². The summed E-state index contributed by atoms with van der Waals surface area (Å²) in [6.45, 7) is 5.83. The Labute approximate surface area is 189 Å². The molecule has 31 heavy (non-hydrogen) atoms. The first-order valence-electron chi connectivity index (χ1n) is 10.2. The van der Waals surface area contributed by atoms with E-state index in [0.29, 0.717) is 33.5 Å². The molecule has 2 aliphatic heterocycles. The molecule has 3 N–H and O–H groups in total. The van der Waals surface area contributed by atoms with E-state index in [9.17, 15) is 14.4 Å². The SMILES string of the molecule is C[C@@H]1C[C@H](C)CN(c2nc3c(c(=O)[nH]2)[C@H](C(=O)Nc2cc(Cl)ccc2Cl)CC(=O)N3)C1. The van der Waals surface area contributed by atoms with Gasteiger partial charge in [0.25, 0.3) is 5.56 Å². The number of fused-ring (bicyclic) bond motifs is 1. The van der Waals surface area contributed by atoms with Crippen LogP contribution in [0, 0.1) is 11.8 Å². The fourth-order valence-corrected chi connectivity index (χ4v) is 4.72. The molecule has 1 aromatic heterocycles. The number of piperidine rings is 1. The second kappa shape index (κ2) is 8.51. The zero-order valence-electron chi connectivity index (χ0n) is 17.2. The Kier molecular flexibility index (Phi) is 5.94. The number of aromatic amines is 1. The topological polar surface area (TPSA) is 107 Å². The number of amides is 2. The molecule has 0 aliphatic carbocycles. The minimum Gasteiger partial charge on any atom is -0.342 e. The van der Waals surface area contributed by atoms with Crippen LogP contribution in [0.4, 0.5) is 17.5 Å². The van der Waals surface area contributed by atoms with Crippen molar-refractivity contribution in [3.8, 4) is 0 Å². The van der Waals surface area contributed by atoms with Gasteiger partial charge in [-0.25, -0.2) is 0 Å². The van der Waals surface area contributed by atoms with Gasteiger partial charge in [-0.15, -0.1) is 0 Å². The van der Waals surface area contributed by atoms with E-state index < -0.39 is 17.4 Å². The summed E-state index contributed by atoms with van der Waals surface area (Å²) in [7, 11) is 0. The summed E-state index contributed by atoms with van der Waals surface area (Å²) in [5.74, 6) is -0.459. The summed E-state index contributed by atoms with van der Waals surface area (Å²) < 4.78 is 0. The number of aromatic nitrogens is 2. The molecular formula is C21H23Cl2N5O3. The maximum absolute atomic E-state index is 13.0. The summed E-state index contributed by atoms with van der Waals surface area (Å²) in [6, 6.07) is 4.67. The van der Waals surface area contributed by atoms with Gasteiger partial charge in [0.05, 0.1) is 22.2 Å². The molecule has 1 saturated heterocycles. The predicted octanol–water partition coefficient (Wildman–Crippen LogP) is 3.62. The molecule has 10 heteroatoms. The third kappa shape index (κ3) is 4.55. The number of carbonyl (C=O) groups excluding carboxylic acids is 2. The lowest BCUT2D eigenvalue weighted by Crippen LogP contribution is -2.42. The van der Waals surface area contributed by atoms with Crippen molar-refractivity contribution in [2.75, 3.05) is 28.6 Å². The number of halogens is 2. The average Bonchev–Trinajstić information content (AvgIpc) is 2.69. The largest absolute Gasteiger partial charge is 0.342 e. The molecule has 4 rings (SSSR count). The summed E-state index contributed by atoms with van der Waals surface area (Å²) in [5.41, 5.74) is 0.00401. The number of carbonyl (C=O) groups is 2. The maximum atomic E-state index is 13.0. The monoisotopic (exact) mass is 463 g/mol. The Morgan fingerprint density at radius 3 is 2.61 bits per heavy atom. The summed E-state index contributed by atoms with van der Waals surface area (Å²) in [5, 5.41) is 6.02. The number of nitrogens with zero attached hydrogens (tertiary/aromatic N) is 2. The van der Waals surface area contributed by atoms with E-state index in [1.807, 2.05) is 4.90 Å². The van der Waals surface area contributed by atoms with Crippen LogP contribution in [0.3, 0.4) is 0 Å². The fraction of sp³-hybridized carbons (Fsp3) is 0.429. The summed E-state index contributed by atoms with van der Waals surface area (Å²) in [6.07, 6.45) is 0.940. The minimum absolute atomic E-state index is 0.123. The fourth-order valence-electron chi connectivity index (χ4n) is 4.38. The zero-order chi connectivity index (χ0) is 22.3. The number of rotatable bonds is 3. The van der Waals surface area contributed by atoms with Crippen molar-refractivity contribution in [3.05, 3.63) is 44.2 Å². The molecule has 8 nitrogen and oxygen atoms in total. The molecule has 0 bridgehead atoms. The third-order valence-electron chi connectivity index (χ3n) is 5.61. The molecule has 2 aromatic rings. The summed E-state index contributed by atoms with van der Waals surface area (Å²) in [4.78, 5) is 47.6. The second-order valence-corrected chi connectivity index (χ2v) is 9.26. The first-order valence-corrected chi connectivity index (χ1v) is 10.9. The van der Waals surface area contributed by atoms with Gasteiger partial charge in [-0.1, -0.05) is 37.0 Å². The highest BCUT2D eigenvalue weighted by atomic mass is 35.5. The van der Waals surface area contributed by atoms with Gasteiger partial charge < -0.3 is 15.5 Å².